The molecule has 0 bridgehead atoms. The van der Waals surface area contributed by atoms with Crippen LogP contribution in [0.2, 0.25) is 0 Å². The highest BCUT2D eigenvalue weighted by Gasteiger charge is 2.11. The zero-order valence-corrected chi connectivity index (χ0v) is 12.5. The molecule has 0 saturated heterocycles. The van der Waals surface area contributed by atoms with Crippen molar-refractivity contribution in [3.8, 4) is 0 Å². The van der Waals surface area contributed by atoms with Crippen LogP contribution in [-0.4, -0.2) is 10.9 Å². The number of anilines is 1. The van der Waals surface area contributed by atoms with Crippen molar-refractivity contribution in [3.05, 3.63) is 44.9 Å². The number of hydrogen-bond acceptors (Lipinski definition) is 3. The Labute approximate surface area is 117 Å². The van der Waals surface area contributed by atoms with Crippen LogP contribution in [0.5, 0.6) is 0 Å². The first kappa shape index (κ1) is 13.7. The Kier molecular flexibility index (Phi) is 4.00. The molecule has 1 amide bonds. The Morgan fingerprint density at radius 3 is 2.37 bits per heavy atom. The van der Waals surface area contributed by atoms with E-state index >= 15 is 0 Å². The van der Waals surface area contributed by atoms with Crippen molar-refractivity contribution >= 4 is 22.9 Å². The molecule has 1 aromatic carbocycles. The number of carbonyl (C=O) groups is 1. The molecule has 1 N–H and O–H groups in total. The van der Waals surface area contributed by atoms with E-state index < -0.39 is 0 Å². The maximum Gasteiger partial charge on any atom is 0.229 e. The average Bonchev–Trinajstić information content (AvgIpc) is 2.69. The predicted octanol–water partition coefficient (Wildman–Crippen LogP) is 3.56. The van der Waals surface area contributed by atoms with E-state index in [1.54, 1.807) is 5.51 Å². The molecule has 0 spiro atoms. The summed E-state index contributed by atoms with van der Waals surface area (Å²) >= 11 is 1.53. The standard InChI is InChI=1S/C15H18N2OS/c1-9-5-10(2)15(11(3)6-9)17-14(18)7-13-12(4)16-8-19-13/h5-6,8H,7H2,1-4H3,(H,17,18). The van der Waals surface area contributed by atoms with Gasteiger partial charge in [-0.25, -0.2) is 4.98 Å². The summed E-state index contributed by atoms with van der Waals surface area (Å²) in [6, 6.07) is 4.17. The van der Waals surface area contributed by atoms with E-state index in [0.717, 1.165) is 27.4 Å². The Hall–Kier alpha value is -1.68. The molecule has 100 valence electrons. The van der Waals surface area contributed by atoms with E-state index in [4.69, 9.17) is 0 Å². The first-order valence-corrected chi connectivity index (χ1v) is 7.12. The molecule has 0 fully saturated rings. The fraction of sp³-hybridized carbons (Fsp3) is 0.333. The van der Waals surface area contributed by atoms with E-state index in [0.29, 0.717) is 6.42 Å². The van der Waals surface area contributed by atoms with Crippen molar-refractivity contribution in [1.29, 1.82) is 0 Å². The van der Waals surface area contributed by atoms with Crippen molar-refractivity contribution in [3.63, 3.8) is 0 Å². The van der Waals surface area contributed by atoms with Gasteiger partial charge in [-0.3, -0.25) is 4.79 Å². The quantitative estimate of drug-likeness (QED) is 0.930. The number of nitrogens with zero attached hydrogens (tertiary/aromatic N) is 1. The molecule has 0 saturated carbocycles. The van der Waals surface area contributed by atoms with Crippen molar-refractivity contribution < 1.29 is 4.79 Å². The largest absolute Gasteiger partial charge is 0.325 e. The van der Waals surface area contributed by atoms with Gasteiger partial charge in [0.1, 0.15) is 0 Å². The number of nitrogens with one attached hydrogen (secondary N) is 1. The number of amides is 1. The van der Waals surface area contributed by atoms with E-state index in [-0.39, 0.29) is 5.91 Å². The topological polar surface area (TPSA) is 42.0 Å². The number of benzene rings is 1. The highest BCUT2D eigenvalue weighted by atomic mass is 32.1. The van der Waals surface area contributed by atoms with Gasteiger partial charge in [-0.05, 0) is 38.8 Å². The third-order valence-corrected chi connectivity index (χ3v) is 4.04. The van der Waals surface area contributed by atoms with E-state index in [2.05, 4.69) is 29.4 Å². The average molecular weight is 274 g/mol. The second kappa shape index (κ2) is 5.53. The normalized spacial score (nSPS) is 10.5. The fourth-order valence-corrected chi connectivity index (χ4v) is 2.98. The fourth-order valence-electron chi connectivity index (χ4n) is 2.20. The lowest BCUT2D eigenvalue weighted by atomic mass is 10.0. The molecule has 4 heteroatoms. The maximum absolute atomic E-state index is 12.1. The highest BCUT2D eigenvalue weighted by molar-refractivity contribution is 7.09. The number of rotatable bonds is 3. The third kappa shape index (κ3) is 3.20. The summed E-state index contributed by atoms with van der Waals surface area (Å²) in [5.41, 5.74) is 7.07. The van der Waals surface area contributed by atoms with Crippen LogP contribution >= 0.6 is 11.3 Å². The van der Waals surface area contributed by atoms with E-state index in [1.807, 2.05) is 20.8 Å². The van der Waals surface area contributed by atoms with Gasteiger partial charge in [0.05, 0.1) is 17.6 Å². The number of hydrogen-bond donors (Lipinski definition) is 1. The molecule has 0 aliphatic carbocycles. The van der Waals surface area contributed by atoms with Gasteiger partial charge in [0, 0.05) is 10.6 Å². The van der Waals surface area contributed by atoms with Crippen LogP contribution in [0.4, 0.5) is 5.69 Å². The molecule has 1 heterocycles. The molecular formula is C15H18N2OS. The van der Waals surface area contributed by atoms with E-state index in [9.17, 15) is 4.79 Å². The summed E-state index contributed by atoms with van der Waals surface area (Å²) in [4.78, 5) is 17.3. The lowest BCUT2D eigenvalue weighted by molar-refractivity contribution is -0.115. The number of aromatic nitrogens is 1. The van der Waals surface area contributed by atoms with Crippen LogP contribution in [0.3, 0.4) is 0 Å². The number of aryl methyl sites for hydroxylation is 4. The summed E-state index contributed by atoms with van der Waals surface area (Å²) in [6.07, 6.45) is 0.392. The van der Waals surface area contributed by atoms with Crippen molar-refractivity contribution in [2.24, 2.45) is 0 Å². The Balaban J connectivity index is 2.14. The maximum atomic E-state index is 12.1. The van der Waals surface area contributed by atoms with Crippen molar-refractivity contribution in [1.82, 2.24) is 4.98 Å². The minimum atomic E-state index is 0.0161. The third-order valence-electron chi connectivity index (χ3n) is 3.11. The van der Waals surface area contributed by atoms with Gasteiger partial charge in [-0.1, -0.05) is 17.7 Å². The molecule has 0 aliphatic rings. The smallest absolute Gasteiger partial charge is 0.229 e. The molecule has 0 aliphatic heterocycles. The summed E-state index contributed by atoms with van der Waals surface area (Å²) in [6.45, 7) is 8.04. The number of carbonyl (C=O) groups excluding carboxylic acids is 1. The summed E-state index contributed by atoms with van der Waals surface area (Å²) in [7, 11) is 0. The Morgan fingerprint density at radius 2 is 1.84 bits per heavy atom. The Morgan fingerprint density at radius 1 is 1.21 bits per heavy atom. The van der Waals surface area contributed by atoms with Crippen molar-refractivity contribution in [2.45, 2.75) is 34.1 Å². The van der Waals surface area contributed by atoms with Gasteiger partial charge in [0.15, 0.2) is 0 Å². The van der Waals surface area contributed by atoms with Gasteiger partial charge >= 0.3 is 0 Å². The molecule has 1 aromatic heterocycles. The summed E-state index contributed by atoms with van der Waals surface area (Å²) < 4.78 is 0. The van der Waals surface area contributed by atoms with Crippen LogP contribution < -0.4 is 5.32 Å². The molecule has 0 radical (unpaired) electrons. The Bertz CT molecular complexity index is 593. The van der Waals surface area contributed by atoms with Gasteiger partial charge in [-0.15, -0.1) is 11.3 Å². The summed E-state index contributed by atoms with van der Waals surface area (Å²) in [5, 5.41) is 3.01. The number of thiazole rings is 1. The minimum absolute atomic E-state index is 0.0161. The van der Waals surface area contributed by atoms with Crippen LogP contribution in [0.15, 0.2) is 17.6 Å². The highest BCUT2D eigenvalue weighted by Crippen LogP contribution is 2.22. The SMILES string of the molecule is Cc1cc(C)c(NC(=O)Cc2scnc2C)c(C)c1. The summed E-state index contributed by atoms with van der Waals surface area (Å²) in [5.74, 6) is 0.0161. The van der Waals surface area contributed by atoms with Crippen LogP contribution in [0.25, 0.3) is 0 Å². The molecule has 0 unspecified atom stereocenters. The van der Waals surface area contributed by atoms with Gasteiger partial charge in [0.25, 0.3) is 0 Å². The molecule has 0 atom stereocenters. The second-order valence-electron chi connectivity index (χ2n) is 4.86. The zero-order chi connectivity index (χ0) is 14.0. The van der Waals surface area contributed by atoms with Crippen LogP contribution in [-0.2, 0) is 11.2 Å². The molecule has 3 nitrogen and oxygen atoms in total. The van der Waals surface area contributed by atoms with Crippen molar-refractivity contribution in [2.75, 3.05) is 5.32 Å². The molecule has 19 heavy (non-hydrogen) atoms. The monoisotopic (exact) mass is 274 g/mol. The van der Waals surface area contributed by atoms with Gasteiger partial charge in [0.2, 0.25) is 5.91 Å². The second-order valence-corrected chi connectivity index (χ2v) is 5.80. The molecular weight excluding hydrogens is 256 g/mol. The predicted molar refractivity (Wildman–Crippen MR) is 79.8 cm³/mol. The zero-order valence-electron chi connectivity index (χ0n) is 11.7. The first-order chi connectivity index (χ1) is 8.97. The van der Waals surface area contributed by atoms with Crippen LogP contribution in [0, 0.1) is 27.7 Å². The van der Waals surface area contributed by atoms with Crippen LogP contribution in [0.1, 0.15) is 27.3 Å². The lowest BCUT2D eigenvalue weighted by Crippen LogP contribution is -2.16. The van der Waals surface area contributed by atoms with Gasteiger partial charge in [-0.2, -0.15) is 0 Å². The van der Waals surface area contributed by atoms with E-state index in [1.165, 1.54) is 16.9 Å². The first-order valence-electron chi connectivity index (χ1n) is 6.24. The lowest BCUT2D eigenvalue weighted by Gasteiger charge is -2.12. The molecule has 2 rings (SSSR count). The molecule has 2 aromatic rings. The van der Waals surface area contributed by atoms with Gasteiger partial charge < -0.3 is 5.32 Å². The minimum Gasteiger partial charge on any atom is -0.325 e.